The Morgan fingerprint density at radius 2 is 1.84 bits per heavy atom. The largest absolute Gasteiger partial charge is 0.412 e. The van der Waals surface area contributed by atoms with Gasteiger partial charge in [0.2, 0.25) is 0 Å². The number of hydrogen-bond acceptors (Lipinski definition) is 2. The summed E-state index contributed by atoms with van der Waals surface area (Å²) in [5.41, 5.74) is 11.2. The molecule has 0 amide bonds. The van der Waals surface area contributed by atoms with Gasteiger partial charge in [-0.05, 0) is 124 Å². The van der Waals surface area contributed by atoms with Gasteiger partial charge in [0.05, 0.1) is 5.60 Å². The molecular formula is C34H61NOSi. The molecule has 3 rings (SSSR count). The fraction of sp³-hybridized carbons (Fsp3) is 0.824. The number of allylic oxidation sites excluding steroid dienone is 3. The normalized spacial score (nSPS) is 34.2. The van der Waals surface area contributed by atoms with Gasteiger partial charge in [-0.25, -0.2) is 0 Å². The molecule has 0 saturated heterocycles. The zero-order valence-electron chi connectivity index (χ0n) is 25.9. The molecule has 2 unspecified atom stereocenters. The monoisotopic (exact) mass is 527 g/mol. The van der Waals surface area contributed by atoms with E-state index in [-0.39, 0.29) is 11.6 Å². The molecule has 0 heterocycles. The van der Waals surface area contributed by atoms with Crippen molar-refractivity contribution in [3.63, 3.8) is 0 Å². The summed E-state index contributed by atoms with van der Waals surface area (Å²) in [6.45, 7) is 23.6. The lowest BCUT2D eigenvalue weighted by molar-refractivity contribution is 0.0704. The van der Waals surface area contributed by atoms with Crippen molar-refractivity contribution in [3.8, 4) is 0 Å². The van der Waals surface area contributed by atoms with Crippen molar-refractivity contribution in [2.24, 2.45) is 34.8 Å². The lowest BCUT2D eigenvalue weighted by Crippen LogP contribution is -2.44. The summed E-state index contributed by atoms with van der Waals surface area (Å²) < 4.78 is 6.91. The zero-order valence-corrected chi connectivity index (χ0v) is 26.9. The minimum atomic E-state index is -1.55. The summed E-state index contributed by atoms with van der Waals surface area (Å²) in [5, 5.41) is 0. The molecule has 3 aliphatic carbocycles. The lowest BCUT2D eigenvalue weighted by atomic mass is 9.60. The van der Waals surface area contributed by atoms with E-state index in [2.05, 4.69) is 74.1 Å². The van der Waals surface area contributed by atoms with Gasteiger partial charge in [-0.1, -0.05) is 78.7 Å². The molecule has 0 aromatic heterocycles. The first kappa shape index (κ1) is 30.9. The molecule has 0 radical (unpaired) electrons. The van der Waals surface area contributed by atoms with Crippen LogP contribution < -0.4 is 5.73 Å². The SMILES string of the molecule is C=C1/C(=C\C=C2/CCC[C@]3(C)[C@@H]([C@H](C)CCCC(C)(C)O[Si](CC)(CC)CC)CC[C@@H]23)CC(C)CC1N. The Morgan fingerprint density at radius 1 is 1.16 bits per heavy atom. The Labute approximate surface area is 232 Å². The molecule has 0 aromatic carbocycles. The summed E-state index contributed by atoms with van der Waals surface area (Å²) in [5.74, 6) is 3.08. The molecule has 212 valence electrons. The van der Waals surface area contributed by atoms with E-state index < -0.39 is 8.32 Å². The Morgan fingerprint density at radius 3 is 2.49 bits per heavy atom. The molecule has 3 saturated carbocycles. The Balaban J connectivity index is 1.62. The topological polar surface area (TPSA) is 35.2 Å². The first-order valence-electron chi connectivity index (χ1n) is 15.9. The first-order valence-corrected chi connectivity index (χ1v) is 18.5. The van der Waals surface area contributed by atoms with Crippen molar-refractivity contribution in [1.29, 1.82) is 0 Å². The predicted molar refractivity (Wildman–Crippen MR) is 165 cm³/mol. The van der Waals surface area contributed by atoms with E-state index >= 15 is 0 Å². The second-order valence-electron chi connectivity index (χ2n) is 14.2. The number of nitrogens with two attached hydrogens (primary N) is 1. The lowest BCUT2D eigenvalue weighted by Gasteiger charge is -2.44. The Kier molecular flexibility index (Phi) is 10.6. The van der Waals surface area contributed by atoms with E-state index in [0.717, 1.165) is 30.6 Å². The van der Waals surface area contributed by atoms with Crippen molar-refractivity contribution in [2.75, 3.05) is 0 Å². The average molecular weight is 528 g/mol. The van der Waals surface area contributed by atoms with Crippen molar-refractivity contribution >= 4 is 8.32 Å². The van der Waals surface area contributed by atoms with Gasteiger partial charge in [0.15, 0.2) is 8.32 Å². The van der Waals surface area contributed by atoms with E-state index in [1.165, 1.54) is 80.6 Å². The fourth-order valence-corrected chi connectivity index (χ4v) is 11.9. The van der Waals surface area contributed by atoms with E-state index in [4.69, 9.17) is 10.2 Å². The molecule has 0 spiro atoms. The third-order valence-corrected chi connectivity index (χ3v) is 16.0. The van der Waals surface area contributed by atoms with Crippen LogP contribution >= 0.6 is 0 Å². The minimum absolute atomic E-state index is 0.0213. The number of rotatable bonds is 11. The van der Waals surface area contributed by atoms with Gasteiger partial charge in [-0.2, -0.15) is 0 Å². The molecule has 6 atom stereocenters. The first-order chi connectivity index (χ1) is 17.4. The van der Waals surface area contributed by atoms with Gasteiger partial charge in [0.25, 0.3) is 0 Å². The fourth-order valence-electron chi connectivity index (χ4n) is 8.66. The molecule has 37 heavy (non-hydrogen) atoms. The third kappa shape index (κ3) is 7.12. The molecule has 0 aromatic rings. The second kappa shape index (κ2) is 12.7. The molecular weight excluding hydrogens is 466 g/mol. The predicted octanol–water partition coefficient (Wildman–Crippen LogP) is 9.98. The Hall–Kier alpha value is -0.643. The van der Waals surface area contributed by atoms with Crippen LogP contribution in [0.25, 0.3) is 0 Å². The third-order valence-electron chi connectivity index (χ3n) is 11.2. The molecule has 3 fully saturated rings. The molecule has 2 nitrogen and oxygen atoms in total. The van der Waals surface area contributed by atoms with Crippen LogP contribution in [0.3, 0.4) is 0 Å². The Bertz CT molecular complexity index is 828. The summed E-state index contributed by atoms with van der Waals surface area (Å²) in [6.07, 6.45) is 17.8. The number of fused-ring (bicyclic) bond motifs is 1. The minimum Gasteiger partial charge on any atom is -0.412 e. The highest BCUT2D eigenvalue weighted by atomic mass is 28.4. The highest BCUT2D eigenvalue weighted by Crippen LogP contribution is 2.60. The average Bonchev–Trinajstić information content (AvgIpc) is 3.21. The summed E-state index contributed by atoms with van der Waals surface area (Å²) in [4.78, 5) is 0. The van der Waals surface area contributed by atoms with Crippen molar-refractivity contribution in [1.82, 2.24) is 0 Å². The molecule has 3 aliphatic rings. The van der Waals surface area contributed by atoms with Gasteiger partial charge in [0, 0.05) is 6.04 Å². The maximum absolute atomic E-state index is 6.91. The molecule has 3 heteroatoms. The summed E-state index contributed by atoms with van der Waals surface area (Å²) in [6, 6.07) is 3.87. The highest BCUT2D eigenvalue weighted by Gasteiger charge is 2.50. The van der Waals surface area contributed by atoms with Crippen LogP contribution in [0.1, 0.15) is 120 Å². The summed E-state index contributed by atoms with van der Waals surface area (Å²) in [7, 11) is -1.55. The molecule has 0 bridgehead atoms. The van der Waals surface area contributed by atoms with Gasteiger partial charge >= 0.3 is 0 Å². The standard InChI is InChI=1S/C34H61NOSi/c1-10-37(11-2,12-3)36-33(7,8)21-13-15-26(5)30-19-20-31-28(16-14-22-34(30,31)9)17-18-29-23-25(4)24-32(35)27(29)6/h17-18,25-26,30-32H,6,10-16,19-24,35H2,1-5,7-9H3/b28-17+,29-18-/t25?,26-,30-,31+,32?,34-/m1/s1. The number of hydrogen-bond donors (Lipinski definition) is 1. The molecule has 0 aliphatic heterocycles. The maximum atomic E-state index is 6.91. The van der Waals surface area contributed by atoms with Crippen molar-refractivity contribution in [3.05, 3.63) is 35.5 Å². The van der Waals surface area contributed by atoms with Crippen LogP contribution in [-0.2, 0) is 4.43 Å². The van der Waals surface area contributed by atoms with Gasteiger partial charge < -0.3 is 10.2 Å². The van der Waals surface area contributed by atoms with Crippen molar-refractivity contribution in [2.45, 2.75) is 149 Å². The quantitative estimate of drug-likeness (QED) is 0.271. The second-order valence-corrected chi connectivity index (χ2v) is 18.9. The van der Waals surface area contributed by atoms with E-state index in [9.17, 15) is 0 Å². The van der Waals surface area contributed by atoms with Crippen LogP contribution in [0.15, 0.2) is 35.5 Å². The van der Waals surface area contributed by atoms with Crippen LogP contribution in [0, 0.1) is 29.1 Å². The smallest absolute Gasteiger partial charge is 0.192 e. The van der Waals surface area contributed by atoms with E-state index in [1.54, 1.807) is 5.57 Å². The van der Waals surface area contributed by atoms with Crippen LogP contribution in [-0.4, -0.2) is 20.0 Å². The van der Waals surface area contributed by atoms with Crippen molar-refractivity contribution < 1.29 is 4.43 Å². The highest BCUT2D eigenvalue weighted by molar-refractivity contribution is 6.73. The van der Waals surface area contributed by atoms with Gasteiger partial charge in [-0.3, -0.25) is 0 Å². The summed E-state index contributed by atoms with van der Waals surface area (Å²) >= 11 is 0. The molecule has 2 N–H and O–H groups in total. The van der Waals surface area contributed by atoms with E-state index in [1.807, 2.05) is 0 Å². The van der Waals surface area contributed by atoms with Gasteiger partial charge in [0.1, 0.15) is 0 Å². The maximum Gasteiger partial charge on any atom is 0.192 e. The van der Waals surface area contributed by atoms with Crippen LogP contribution in [0.2, 0.25) is 18.1 Å². The zero-order chi connectivity index (χ0) is 27.4. The van der Waals surface area contributed by atoms with Gasteiger partial charge in [-0.15, -0.1) is 0 Å². The van der Waals surface area contributed by atoms with Crippen LogP contribution in [0.5, 0.6) is 0 Å². The van der Waals surface area contributed by atoms with Crippen LogP contribution in [0.4, 0.5) is 0 Å². The van der Waals surface area contributed by atoms with E-state index in [0.29, 0.717) is 11.3 Å².